The minimum atomic E-state index is -0.257. The number of nitrogens with zero attached hydrogens (tertiary/aromatic N) is 2. The summed E-state index contributed by atoms with van der Waals surface area (Å²) < 4.78 is 1.56. The standard InChI is InChI=1S/C17H16N4O2S/c1-11(22)18-12-5-3-6-13(9-12)19-17(23)15-10-14(20-21(15)2)16-7-4-8-24-16/h3-10H,1-2H3,(H,18,22)(H,19,23). The average molecular weight is 340 g/mol. The number of rotatable bonds is 4. The highest BCUT2D eigenvalue weighted by Gasteiger charge is 2.15. The Hall–Kier alpha value is -2.93. The zero-order valence-corrected chi connectivity index (χ0v) is 14.1. The van der Waals surface area contributed by atoms with Crippen molar-refractivity contribution >= 4 is 34.5 Å². The van der Waals surface area contributed by atoms with E-state index in [-0.39, 0.29) is 11.8 Å². The van der Waals surface area contributed by atoms with E-state index in [2.05, 4.69) is 15.7 Å². The van der Waals surface area contributed by atoms with Gasteiger partial charge in [-0.2, -0.15) is 5.10 Å². The molecule has 0 fully saturated rings. The summed E-state index contributed by atoms with van der Waals surface area (Å²) in [5.74, 6) is -0.418. The molecule has 0 aliphatic rings. The van der Waals surface area contributed by atoms with E-state index in [1.54, 1.807) is 53.4 Å². The van der Waals surface area contributed by atoms with Gasteiger partial charge >= 0.3 is 0 Å². The number of aromatic nitrogens is 2. The number of nitrogens with one attached hydrogen (secondary N) is 2. The SMILES string of the molecule is CC(=O)Nc1cccc(NC(=O)c2cc(-c3cccs3)nn2C)c1. The Morgan fingerprint density at radius 3 is 2.50 bits per heavy atom. The van der Waals surface area contributed by atoms with Gasteiger partial charge in [0, 0.05) is 25.3 Å². The second-order valence-electron chi connectivity index (χ2n) is 5.23. The molecule has 2 heterocycles. The summed E-state index contributed by atoms with van der Waals surface area (Å²) >= 11 is 1.57. The summed E-state index contributed by atoms with van der Waals surface area (Å²) in [7, 11) is 1.74. The Balaban J connectivity index is 1.79. The molecule has 0 unspecified atom stereocenters. The summed E-state index contributed by atoms with van der Waals surface area (Å²) in [6.45, 7) is 1.44. The smallest absolute Gasteiger partial charge is 0.273 e. The Labute approximate surface area is 143 Å². The first-order chi connectivity index (χ1) is 11.5. The molecule has 122 valence electrons. The van der Waals surface area contributed by atoms with E-state index in [4.69, 9.17) is 0 Å². The predicted octanol–water partition coefficient (Wildman–Crippen LogP) is 3.36. The fraction of sp³-hybridized carbons (Fsp3) is 0.118. The molecule has 2 amide bonds. The van der Waals surface area contributed by atoms with Crippen molar-refractivity contribution in [3.05, 3.63) is 53.5 Å². The van der Waals surface area contributed by atoms with Gasteiger partial charge in [0.15, 0.2) is 0 Å². The Morgan fingerprint density at radius 2 is 1.83 bits per heavy atom. The van der Waals surface area contributed by atoms with Crippen LogP contribution in [0.4, 0.5) is 11.4 Å². The lowest BCUT2D eigenvalue weighted by Gasteiger charge is -2.07. The van der Waals surface area contributed by atoms with Gasteiger partial charge in [-0.05, 0) is 35.7 Å². The van der Waals surface area contributed by atoms with Gasteiger partial charge in [-0.25, -0.2) is 0 Å². The van der Waals surface area contributed by atoms with Crippen LogP contribution in [-0.4, -0.2) is 21.6 Å². The Kier molecular flexibility index (Phi) is 4.43. The van der Waals surface area contributed by atoms with Crippen LogP contribution in [0.25, 0.3) is 10.6 Å². The lowest BCUT2D eigenvalue weighted by atomic mass is 10.2. The average Bonchev–Trinajstić information content (AvgIpc) is 3.16. The third-order valence-electron chi connectivity index (χ3n) is 3.33. The van der Waals surface area contributed by atoms with Crippen LogP contribution < -0.4 is 10.6 Å². The first-order valence-electron chi connectivity index (χ1n) is 7.30. The summed E-state index contributed by atoms with van der Waals surface area (Å²) in [6, 6.07) is 12.7. The molecule has 0 aliphatic heterocycles. The topological polar surface area (TPSA) is 76.0 Å². The molecule has 7 heteroatoms. The molecule has 0 atom stereocenters. The maximum absolute atomic E-state index is 12.5. The third kappa shape index (κ3) is 3.52. The first kappa shape index (κ1) is 15.9. The highest BCUT2D eigenvalue weighted by Crippen LogP contribution is 2.24. The van der Waals surface area contributed by atoms with Crippen molar-refractivity contribution in [1.29, 1.82) is 0 Å². The van der Waals surface area contributed by atoms with Crippen molar-refractivity contribution in [2.24, 2.45) is 7.05 Å². The fourth-order valence-corrected chi connectivity index (χ4v) is 2.98. The van der Waals surface area contributed by atoms with Gasteiger partial charge in [-0.1, -0.05) is 12.1 Å². The van der Waals surface area contributed by atoms with E-state index >= 15 is 0 Å². The van der Waals surface area contributed by atoms with Gasteiger partial charge in [0.1, 0.15) is 11.4 Å². The zero-order chi connectivity index (χ0) is 17.1. The first-order valence-corrected chi connectivity index (χ1v) is 8.18. The Bertz CT molecular complexity index is 884. The van der Waals surface area contributed by atoms with Gasteiger partial charge in [0.25, 0.3) is 5.91 Å². The van der Waals surface area contributed by atoms with E-state index in [0.29, 0.717) is 17.1 Å². The van der Waals surface area contributed by atoms with Crippen LogP contribution in [-0.2, 0) is 11.8 Å². The molecule has 3 rings (SSSR count). The zero-order valence-electron chi connectivity index (χ0n) is 13.2. The number of benzene rings is 1. The van der Waals surface area contributed by atoms with Crippen molar-refractivity contribution in [2.45, 2.75) is 6.92 Å². The van der Waals surface area contributed by atoms with Gasteiger partial charge in [0.2, 0.25) is 5.91 Å². The molecule has 0 saturated carbocycles. The predicted molar refractivity (Wildman–Crippen MR) is 95.2 cm³/mol. The van der Waals surface area contributed by atoms with Crippen molar-refractivity contribution < 1.29 is 9.59 Å². The maximum atomic E-state index is 12.5. The number of hydrogen-bond donors (Lipinski definition) is 2. The summed E-state index contributed by atoms with van der Waals surface area (Å²) in [5, 5.41) is 11.9. The van der Waals surface area contributed by atoms with Crippen molar-refractivity contribution in [3.8, 4) is 10.6 Å². The largest absolute Gasteiger partial charge is 0.326 e. The molecule has 0 spiro atoms. The molecule has 0 saturated heterocycles. The van der Waals surface area contributed by atoms with Gasteiger partial charge < -0.3 is 10.6 Å². The molecule has 24 heavy (non-hydrogen) atoms. The van der Waals surface area contributed by atoms with E-state index in [9.17, 15) is 9.59 Å². The van der Waals surface area contributed by atoms with Crippen LogP contribution in [0.15, 0.2) is 47.8 Å². The number of anilines is 2. The minimum Gasteiger partial charge on any atom is -0.326 e. The van der Waals surface area contributed by atoms with Crippen LogP contribution in [0, 0.1) is 0 Å². The van der Waals surface area contributed by atoms with Crippen LogP contribution >= 0.6 is 11.3 Å². The lowest BCUT2D eigenvalue weighted by molar-refractivity contribution is -0.114. The highest BCUT2D eigenvalue weighted by atomic mass is 32.1. The molecular formula is C17H16N4O2S. The minimum absolute atomic E-state index is 0.161. The molecule has 6 nitrogen and oxygen atoms in total. The van der Waals surface area contributed by atoms with Gasteiger partial charge in [-0.15, -0.1) is 11.3 Å². The summed E-state index contributed by atoms with van der Waals surface area (Å²) in [6.07, 6.45) is 0. The lowest BCUT2D eigenvalue weighted by Crippen LogP contribution is -2.16. The molecule has 2 aromatic heterocycles. The number of carbonyl (C=O) groups excluding carboxylic acids is 2. The van der Waals surface area contributed by atoms with Crippen LogP contribution in [0.5, 0.6) is 0 Å². The number of hydrogen-bond acceptors (Lipinski definition) is 4. The van der Waals surface area contributed by atoms with Crippen LogP contribution in [0.2, 0.25) is 0 Å². The van der Waals surface area contributed by atoms with Crippen LogP contribution in [0.3, 0.4) is 0 Å². The molecule has 0 radical (unpaired) electrons. The number of thiophene rings is 1. The number of carbonyl (C=O) groups is 2. The van der Waals surface area contributed by atoms with Crippen LogP contribution in [0.1, 0.15) is 17.4 Å². The summed E-state index contributed by atoms with van der Waals surface area (Å²) in [5.41, 5.74) is 2.46. The third-order valence-corrected chi connectivity index (χ3v) is 4.22. The van der Waals surface area contributed by atoms with Crippen molar-refractivity contribution in [2.75, 3.05) is 10.6 Å². The Morgan fingerprint density at radius 1 is 1.08 bits per heavy atom. The van der Waals surface area contributed by atoms with Gasteiger partial charge in [0.05, 0.1) is 4.88 Å². The molecule has 0 aliphatic carbocycles. The van der Waals surface area contributed by atoms with E-state index in [1.165, 1.54) is 6.92 Å². The molecule has 0 bridgehead atoms. The molecular weight excluding hydrogens is 324 g/mol. The molecule has 3 aromatic rings. The van der Waals surface area contributed by atoms with Crippen molar-refractivity contribution in [3.63, 3.8) is 0 Å². The summed E-state index contributed by atoms with van der Waals surface area (Å²) in [4.78, 5) is 24.6. The van der Waals surface area contributed by atoms with E-state index < -0.39 is 0 Å². The van der Waals surface area contributed by atoms with E-state index in [0.717, 1.165) is 10.6 Å². The van der Waals surface area contributed by atoms with Crippen molar-refractivity contribution in [1.82, 2.24) is 9.78 Å². The number of amides is 2. The van der Waals surface area contributed by atoms with Gasteiger partial charge in [-0.3, -0.25) is 14.3 Å². The van der Waals surface area contributed by atoms with E-state index in [1.807, 2.05) is 17.5 Å². The fourth-order valence-electron chi connectivity index (χ4n) is 2.30. The second kappa shape index (κ2) is 6.67. The maximum Gasteiger partial charge on any atom is 0.273 e. The quantitative estimate of drug-likeness (QED) is 0.764. The highest BCUT2D eigenvalue weighted by molar-refractivity contribution is 7.13. The molecule has 2 N–H and O–H groups in total. The number of aryl methyl sites for hydroxylation is 1. The second-order valence-corrected chi connectivity index (χ2v) is 6.18. The molecule has 1 aromatic carbocycles. The normalized spacial score (nSPS) is 10.4. The monoisotopic (exact) mass is 340 g/mol.